The summed E-state index contributed by atoms with van der Waals surface area (Å²) in [5.41, 5.74) is 2.02. The summed E-state index contributed by atoms with van der Waals surface area (Å²) in [4.78, 5) is 16.3. The molecule has 1 aromatic carbocycles. The first-order valence-corrected chi connectivity index (χ1v) is 6.74. The van der Waals surface area contributed by atoms with Crippen LogP contribution in [0.1, 0.15) is 10.5 Å². The van der Waals surface area contributed by atoms with Crippen LogP contribution in [0, 0.1) is 0 Å². The molecule has 0 radical (unpaired) electrons. The van der Waals surface area contributed by atoms with E-state index in [0.29, 0.717) is 26.9 Å². The molecule has 0 saturated carbocycles. The van der Waals surface area contributed by atoms with Gasteiger partial charge >= 0.3 is 5.97 Å². The summed E-state index contributed by atoms with van der Waals surface area (Å²) in [6.07, 6.45) is 1.56. The number of benzene rings is 1. The lowest BCUT2D eigenvalue weighted by molar-refractivity contribution is 0.0590. The number of fused-ring (bicyclic) bond motifs is 1. The Morgan fingerprint density at radius 1 is 1.24 bits per heavy atom. The minimum absolute atomic E-state index is 0.272. The summed E-state index contributed by atoms with van der Waals surface area (Å²) in [5.74, 6) is -0.502. The maximum atomic E-state index is 11.9. The second-order valence-electron chi connectivity index (χ2n) is 4.24. The first kappa shape index (κ1) is 13.9. The third kappa shape index (κ3) is 2.46. The molecule has 0 unspecified atom stereocenters. The van der Waals surface area contributed by atoms with E-state index >= 15 is 0 Å². The van der Waals surface area contributed by atoms with Crippen LogP contribution >= 0.6 is 23.2 Å². The third-order valence-corrected chi connectivity index (χ3v) is 3.51. The predicted octanol–water partition coefficient (Wildman–Crippen LogP) is 3.49. The molecule has 0 atom stereocenters. The van der Waals surface area contributed by atoms with Crippen molar-refractivity contribution < 1.29 is 9.53 Å². The van der Waals surface area contributed by atoms with Crippen molar-refractivity contribution in [2.75, 3.05) is 7.11 Å². The van der Waals surface area contributed by atoms with Gasteiger partial charge in [-0.2, -0.15) is 5.10 Å². The van der Waals surface area contributed by atoms with Crippen molar-refractivity contribution in [1.29, 1.82) is 0 Å². The number of halogens is 2. The van der Waals surface area contributed by atoms with E-state index in [2.05, 4.69) is 10.1 Å². The highest BCUT2D eigenvalue weighted by molar-refractivity contribution is 6.36. The maximum absolute atomic E-state index is 11.9. The van der Waals surface area contributed by atoms with Gasteiger partial charge in [-0.05, 0) is 24.3 Å². The number of aromatic nitrogens is 3. The molecule has 0 amide bonds. The number of hydrogen-bond acceptors (Lipinski definition) is 4. The lowest BCUT2D eigenvalue weighted by Crippen LogP contribution is -2.10. The zero-order valence-electron chi connectivity index (χ0n) is 10.9. The number of nitrogens with zero attached hydrogens (tertiary/aromatic N) is 3. The fourth-order valence-corrected chi connectivity index (χ4v) is 2.50. The van der Waals surface area contributed by atoms with Crippen LogP contribution in [0.2, 0.25) is 10.0 Å². The molecule has 7 heteroatoms. The number of carbonyl (C=O) groups excluding carboxylic acids is 1. The Morgan fingerprint density at radius 3 is 2.76 bits per heavy atom. The van der Waals surface area contributed by atoms with Gasteiger partial charge in [-0.15, -0.1) is 0 Å². The van der Waals surface area contributed by atoms with Gasteiger partial charge in [-0.25, -0.2) is 14.3 Å². The maximum Gasteiger partial charge on any atom is 0.356 e. The Kier molecular flexibility index (Phi) is 3.53. The van der Waals surface area contributed by atoms with E-state index in [4.69, 9.17) is 27.9 Å². The molecule has 0 aliphatic carbocycles. The summed E-state index contributed by atoms with van der Waals surface area (Å²) in [5, 5.41) is 5.04. The molecule has 0 saturated heterocycles. The second kappa shape index (κ2) is 5.35. The Bertz CT molecular complexity index is 845. The minimum Gasteiger partial charge on any atom is -0.464 e. The van der Waals surface area contributed by atoms with Crippen LogP contribution < -0.4 is 0 Å². The van der Waals surface area contributed by atoms with E-state index in [1.165, 1.54) is 11.6 Å². The Hall–Kier alpha value is -2.11. The van der Waals surface area contributed by atoms with Gasteiger partial charge in [0.1, 0.15) is 0 Å². The smallest absolute Gasteiger partial charge is 0.356 e. The average molecular weight is 322 g/mol. The molecule has 0 fully saturated rings. The standard InChI is InChI=1S/C14H9Cl2N3O2/c1-21-14(20)12-7-11(18-13-4-5-17-19(12)13)9-3-2-8(15)6-10(9)16/h2-7H,1H3. The normalized spacial score (nSPS) is 10.8. The van der Waals surface area contributed by atoms with Crippen molar-refractivity contribution in [1.82, 2.24) is 14.6 Å². The SMILES string of the molecule is COC(=O)c1cc(-c2ccc(Cl)cc2Cl)nc2ccnn12. The molecule has 2 heterocycles. The van der Waals surface area contributed by atoms with E-state index in [1.807, 2.05) is 0 Å². The number of hydrogen-bond donors (Lipinski definition) is 0. The first-order valence-electron chi connectivity index (χ1n) is 5.98. The van der Waals surface area contributed by atoms with Crippen molar-refractivity contribution in [3.63, 3.8) is 0 Å². The molecule has 2 aromatic heterocycles. The zero-order chi connectivity index (χ0) is 15.0. The molecule has 0 bridgehead atoms. The fraction of sp³-hybridized carbons (Fsp3) is 0.0714. The minimum atomic E-state index is -0.502. The van der Waals surface area contributed by atoms with Crippen molar-refractivity contribution in [2.45, 2.75) is 0 Å². The predicted molar refractivity (Wildman–Crippen MR) is 79.8 cm³/mol. The molecule has 0 aliphatic heterocycles. The summed E-state index contributed by atoms with van der Waals surface area (Å²) in [6, 6.07) is 8.36. The molecule has 21 heavy (non-hydrogen) atoms. The van der Waals surface area contributed by atoms with Gasteiger partial charge in [-0.1, -0.05) is 23.2 Å². The number of carbonyl (C=O) groups is 1. The number of esters is 1. The third-order valence-electron chi connectivity index (χ3n) is 2.96. The summed E-state index contributed by atoms with van der Waals surface area (Å²) < 4.78 is 6.19. The summed E-state index contributed by atoms with van der Waals surface area (Å²) >= 11 is 12.1. The highest BCUT2D eigenvalue weighted by Crippen LogP contribution is 2.30. The Labute approximate surface area is 130 Å². The summed E-state index contributed by atoms with van der Waals surface area (Å²) in [6.45, 7) is 0. The highest BCUT2D eigenvalue weighted by Gasteiger charge is 2.16. The van der Waals surface area contributed by atoms with Gasteiger partial charge in [0.05, 0.1) is 24.0 Å². The molecule has 0 N–H and O–H groups in total. The Balaban J connectivity index is 2.25. The van der Waals surface area contributed by atoms with Gasteiger partial charge < -0.3 is 4.74 Å². The number of ether oxygens (including phenoxy) is 1. The lowest BCUT2D eigenvalue weighted by Gasteiger charge is -2.08. The molecule has 3 aromatic rings. The Morgan fingerprint density at radius 2 is 2.05 bits per heavy atom. The van der Waals surface area contributed by atoms with Crippen LogP contribution in [0.3, 0.4) is 0 Å². The van der Waals surface area contributed by atoms with Gasteiger partial charge in [-0.3, -0.25) is 0 Å². The number of methoxy groups -OCH3 is 1. The first-order chi connectivity index (χ1) is 10.1. The van der Waals surface area contributed by atoms with E-state index in [-0.39, 0.29) is 5.69 Å². The van der Waals surface area contributed by atoms with Gasteiger partial charge in [0.15, 0.2) is 11.3 Å². The van der Waals surface area contributed by atoms with Crippen LogP contribution in [0.15, 0.2) is 36.5 Å². The van der Waals surface area contributed by atoms with E-state index in [0.717, 1.165) is 0 Å². The largest absolute Gasteiger partial charge is 0.464 e. The fourth-order valence-electron chi connectivity index (χ4n) is 2.00. The van der Waals surface area contributed by atoms with Crippen molar-refractivity contribution in [3.8, 4) is 11.3 Å². The highest BCUT2D eigenvalue weighted by atomic mass is 35.5. The molecular formula is C14H9Cl2N3O2. The van der Waals surface area contributed by atoms with Crippen LogP contribution in [0.4, 0.5) is 0 Å². The van der Waals surface area contributed by atoms with E-state index in [9.17, 15) is 4.79 Å². The van der Waals surface area contributed by atoms with Gasteiger partial charge in [0.25, 0.3) is 0 Å². The van der Waals surface area contributed by atoms with Crippen LogP contribution in [0.5, 0.6) is 0 Å². The van der Waals surface area contributed by atoms with Crippen LogP contribution in [-0.4, -0.2) is 27.7 Å². The second-order valence-corrected chi connectivity index (χ2v) is 5.09. The van der Waals surface area contributed by atoms with Crippen LogP contribution in [0.25, 0.3) is 16.9 Å². The lowest BCUT2D eigenvalue weighted by atomic mass is 10.1. The van der Waals surface area contributed by atoms with E-state index < -0.39 is 5.97 Å². The quantitative estimate of drug-likeness (QED) is 0.678. The molecule has 5 nitrogen and oxygen atoms in total. The van der Waals surface area contributed by atoms with Crippen molar-refractivity contribution in [2.24, 2.45) is 0 Å². The molecule has 0 spiro atoms. The molecule has 3 rings (SSSR count). The average Bonchev–Trinajstić information content (AvgIpc) is 2.93. The zero-order valence-corrected chi connectivity index (χ0v) is 12.4. The summed E-state index contributed by atoms with van der Waals surface area (Å²) in [7, 11) is 1.31. The van der Waals surface area contributed by atoms with Crippen LogP contribution in [-0.2, 0) is 4.74 Å². The van der Waals surface area contributed by atoms with E-state index in [1.54, 1.807) is 36.5 Å². The van der Waals surface area contributed by atoms with Crippen molar-refractivity contribution >= 4 is 34.8 Å². The topological polar surface area (TPSA) is 56.5 Å². The number of rotatable bonds is 2. The molecule has 0 aliphatic rings. The monoisotopic (exact) mass is 321 g/mol. The van der Waals surface area contributed by atoms with Crippen molar-refractivity contribution in [3.05, 3.63) is 52.3 Å². The molecule has 106 valence electrons. The van der Waals surface area contributed by atoms with Gasteiger partial charge in [0, 0.05) is 16.7 Å². The molecular weight excluding hydrogens is 313 g/mol. The van der Waals surface area contributed by atoms with Gasteiger partial charge in [0.2, 0.25) is 0 Å².